The Labute approximate surface area is 137 Å². The second kappa shape index (κ2) is 5.77. The van der Waals surface area contributed by atoms with E-state index in [1.54, 1.807) is 29.8 Å². The van der Waals surface area contributed by atoms with Crippen molar-refractivity contribution in [1.29, 1.82) is 0 Å². The molecule has 0 aromatic carbocycles. The van der Waals surface area contributed by atoms with Gasteiger partial charge in [0.1, 0.15) is 0 Å². The molecule has 0 radical (unpaired) electrons. The van der Waals surface area contributed by atoms with Gasteiger partial charge in [-0.2, -0.15) is 0 Å². The number of nitrogens with zero attached hydrogens (tertiary/aromatic N) is 2. The van der Waals surface area contributed by atoms with E-state index < -0.39 is 0 Å². The standard InChI is InChI=1S/C13H7BrN2OS3/c14-11-4-3-9(19-11)6-10-12(17)16(13(18)20-10)8-2-1-5-15-7-8/h1-7H/b10-6-. The van der Waals surface area contributed by atoms with Crippen LogP contribution in [-0.4, -0.2) is 15.2 Å². The average molecular weight is 383 g/mol. The number of aromatic nitrogens is 1. The van der Waals surface area contributed by atoms with E-state index in [2.05, 4.69) is 20.9 Å². The van der Waals surface area contributed by atoms with E-state index in [0.29, 0.717) is 14.9 Å². The second-order valence-electron chi connectivity index (χ2n) is 3.87. The molecule has 1 fully saturated rings. The number of hydrogen-bond donors (Lipinski definition) is 0. The van der Waals surface area contributed by atoms with Gasteiger partial charge in [-0.15, -0.1) is 11.3 Å². The van der Waals surface area contributed by atoms with E-state index >= 15 is 0 Å². The average Bonchev–Trinajstić information content (AvgIpc) is 2.96. The fraction of sp³-hybridized carbons (Fsp3) is 0. The molecule has 0 atom stereocenters. The van der Waals surface area contributed by atoms with Crippen LogP contribution >= 0.6 is 51.2 Å². The van der Waals surface area contributed by atoms with E-state index in [4.69, 9.17) is 12.2 Å². The number of anilines is 1. The summed E-state index contributed by atoms with van der Waals surface area (Å²) < 4.78 is 1.57. The third kappa shape index (κ3) is 2.71. The number of hydrogen-bond acceptors (Lipinski definition) is 5. The summed E-state index contributed by atoms with van der Waals surface area (Å²) in [6.45, 7) is 0. The predicted octanol–water partition coefficient (Wildman–Crippen LogP) is 4.31. The quantitative estimate of drug-likeness (QED) is 0.572. The van der Waals surface area contributed by atoms with Gasteiger partial charge < -0.3 is 0 Å². The van der Waals surface area contributed by atoms with Gasteiger partial charge in [-0.25, -0.2) is 0 Å². The van der Waals surface area contributed by atoms with Gasteiger partial charge in [-0.1, -0.05) is 24.0 Å². The van der Waals surface area contributed by atoms with E-state index in [9.17, 15) is 4.79 Å². The number of amides is 1. The van der Waals surface area contributed by atoms with Crippen molar-refractivity contribution < 1.29 is 4.79 Å². The summed E-state index contributed by atoms with van der Waals surface area (Å²) in [7, 11) is 0. The zero-order valence-corrected chi connectivity index (χ0v) is 14.0. The molecule has 3 rings (SSSR count). The van der Waals surface area contributed by atoms with Crippen molar-refractivity contribution in [3.8, 4) is 0 Å². The highest BCUT2D eigenvalue weighted by atomic mass is 79.9. The van der Waals surface area contributed by atoms with Crippen molar-refractivity contribution >= 4 is 73.2 Å². The zero-order valence-electron chi connectivity index (χ0n) is 9.95. The molecule has 0 N–H and O–H groups in total. The Morgan fingerprint density at radius 1 is 1.35 bits per heavy atom. The molecule has 0 aliphatic carbocycles. The summed E-state index contributed by atoms with van der Waals surface area (Å²) in [6, 6.07) is 7.53. The summed E-state index contributed by atoms with van der Waals surface area (Å²) in [5.41, 5.74) is 0.700. The number of carbonyl (C=O) groups excluding carboxylic acids is 1. The Bertz CT molecular complexity index is 711. The van der Waals surface area contributed by atoms with Crippen molar-refractivity contribution in [2.75, 3.05) is 4.90 Å². The van der Waals surface area contributed by atoms with Crippen molar-refractivity contribution in [2.45, 2.75) is 0 Å². The van der Waals surface area contributed by atoms with Crippen LogP contribution in [0.15, 0.2) is 45.4 Å². The summed E-state index contributed by atoms with van der Waals surface area (Å²) >= 11 is 11.6. The van der Waals surface area contributed by atoms with Crippen LogP contribution in [0.25, 0.3) is 6.08 Å². The topological polar surface area (TPSA) is 33.2 Å². The number of rotatable bonds is 2. The Morgan fingerprint density at radius 2 is 2.20 bits per heavy atom. The molecule has 2 aromatic rings. The molecule has 0 unspecified atom stereocenters. The van der Waals surface area contributed by atoms with Crippen molar-refractivity contribution in [3.05, 3.63) is 50.2 Å². The van der Waals surface area contributed by atoms with Crippen molar-refractivity contribution in [1.82, 2.24) is 4.98 Å². The van der Waals surface area contributed by atoms with Gasteiger partial charge in [-0.3, -0.25) is 14.7 Å². The van der Waals surface area contributed by atoms with E-state index in [-0.39, 0.29) is 5.91 Å². The van der Waals surface area contributed by atoms with Crippen LogP contribution in [0.2, 0.25) is 0 Å². The summed E-state index contributed by atoms with van der Waals surface area (Å²) in [4.78, 5) is 19.6. The maximum Gasteiger partial charge on any atom is 0.270 e. The molecule has 3 heterocycles. The molecule has 3 nitrogen and oxygen atoms in total. The molecule has 100 valence electrons. The van der Waals surface area contributed by atoms with Gasteiger partial charge >= 0.3 is 0 Å². The molecule has 7 heteroatoms. The lowest BCUT2D eigenvalue weighted by Crippen LogP contribution is -2.27. The molecule has 0 spiro atoms. The first-order chi connectivity index (χ1) is 9.65. The molecule has 1 aliphatic heterocycles. The van der Waals surface area contributed by atoms with Crippen LogP contribution < -0.4 is 4.90 Å². The predicted molar refractivity (Wildman–Crippen MR) is 91.9 cm³/mol. The SMILES string of the molecule is O=C1/C(=C/c2ccc(Br)s2)SC(=S)N1c1cccnc1. The maximum absolute atomic E-state index is 12.4. The Hall–Kier alpha value is -1.02. The van der Waals surface area contributed by atoms with Crippen LogP contribution in [0.5, 0.6) is 0 Å². The maximum atomic E-state index is 12.4. The molecule has 1 amide bonds. The highest BCUT2D eigenvalue weighted by Gasteiger charge is 2.33. The van der Waals surface area contributed by atoms with Gasteiger partial charge in [0.25, 0.3) is 5.91 Å². The minimum Gasteiger partial charge on any atom is -0.268 e. The highest BCUT2D eigenvalue weighted by Crippen LogP contribution is 2.36. The van der Waals surface area contributed by atoms with Crippen LogP contribution in [0.1, 0.15) is 4.88 Å². The number of thiocarbonyl (C=S) groups is 1. The number of thioether (sulfide) groups is 1. The van der Waals surface area contributed by atoms with Crippen LogP contribution in [0.4, 0.5) is 5.69 Å². The normalized spacial score (nSPS) is 17.2. The number of halogens is 1. The summed E-state index contributed by atoms with van der Waals surface area (Å²) in [6.07, 6.45) is 5.17. The molecule has 1 saturated heterocycles. The minimum atomic E-state index is -0.0995. The minimum absolute atomic E-state index is 0.0995. The van der Waals surface area contributed by atoms with E-state index in [0.717, 1.165) is 8.66 Å². The summed E-state index contributed by atoms with van der Waals surface area (Å²) in [5.74, 6) is -0.0995. The lowest BCUT2D eigenvalue weighted by atomic mass is 10.3. The lowest BCUT2D eigenvalue weighted by Gasteiger charge is -2.13. The lowest BCUT2D eigenvalue weighted by molar-refractivity contribution is -0.113. The van der Waals surface area contributed by atoms with Gasteiger partial charge in [0.05, 0.1) is 20.6 Å². The van der Waals surface area contributed by atoms with E-state index in [1.165, 1.54) is 16.7 Å². The molecule has 1 aliphatic rings. The molecular weight excluding hydrogens is 376 g/mol. The fourth-order valence-corrected chi connectivity index (χ4v) is 4.44. The van der Waals surface area contributed by atoms with Crippen molar-refractivity contribution in [2.24, 2.45) is 0 Å². The Balaban J connectivity index is 1.93. The molecule has 0 bridgehead atoms. The first kappa shape index (κ1) is 13.9. The number of pyridine rings is 1. The number of thiophene rings is 1. The van der Waals surface area contributed by atoms with Crippen LogP contribution in [0, 0.1) is 0 Å². The third-order valence-electron chi connectivity index (χ3n) is 2.57. The molecular formula is C13H7BrN2OS3. The highest BCUT2D eigenvalue weighted by molar-refractivity contribution is 9.11. The zero-order chi connectivity index (χ0) is 14.1. The molecule has 0 saturated carbocycles. The number of carbonyl (C=O) groups is 1. The van der Waals surface area contributed by atoms with E-state index in [1.807, 2.05) is 24.3 Å². The second-order valence-corrected chi connectivity index (χ2v) is 8.04. The van der Waals surface area contributed by atoms with Crippen molar-refractivity contribution in [3.63, 3.8) is 0 Å². The van der Waals surface area contributed by atoms with Gasteiger partial charge in [-0.05, 0) is 46.3 Å². The Morgan fingerprint density at radius 3 is 2.85 bits per heavy atom. The first-order valence-electron chi connectivity index (χ1n) is 5.58. The van der Waals surface area contributed by atoms with Crippen LogP contribution in [0.3, 0.4) is 0 Å². The summed E-state index contributed by atoms with van der Waals surface area (Å²) in [5, 5.41) is 0. The third-order valence-corrected chi connectivity index (χ3v) is 5.44. The van der Waals surface area contributed by atoms with Crippen LogP contribution in [-0.2, 0) is 4.79 Å². The fourth-order valence-electron chi connectivity index (χ4n) is 1.71. The monoisotopic (exact) mass is 382 g/mol. The smallest absolute Gasteiger partial charge is 0.268 e. The van der Waals surface area contributed by atoms with Gasteiger partial charge in [0.15, 0.2) is 4.32 Å². The molecule has 2 aromatic heterocycles. The van der Waals surface area contributed by atoms with Gasteiger partial charge in [0.2, 0.25) is 0 Å². The largest absolute Gasteiger partial charge is 0.270 e. The first-order valence-corrected chi connectivity index (χ1v) is 8.42. The molecule has 20 heavy (non-hydrogen) atoms. The van der Waals surface area contributed by atoms with Gasteiger partial charge in [0, 0.05) is 11.1 Å². The Kier molecular flexibility index (Phi) is 4.02.